The minimum absolute atomic E-state index is 0.0356. The number of hydrogen-bond acceptors (Lipinski definition) is 3. The quantitative estimate of drug-likeness (QED) is 0.801. The highest BCUT2D eigenvalue weighted by Gasteiger charge is 2.05. The van der Waals surface area contributed by atoms with Crippen LogP contribution in [0.3, 0.4) is 0 Å². The van der Waals surface area contributed by atoms with Gasteiger partial charge in [0.05, 0.1) is 23.6 Å². The van der Waals surface area contributed by atoms with Gasteiger partial charge in [0.2, 0.25) is 0 Å². The molecule has 0 spiro atoms. The van der Waals surface area contributed by atoms with Crippen molar-refractivity contribution in [3.05, 3.63) is 56.3 Å². The fraction of sp³-hybridized carbons (Fsp3) is 0.167. The molecule has 4 nitrogen and oxygen atoms in total. The van der Waals surface area contributed by atoms with Crippen LogP contribution in [0.5, 0.6) is 5.75 Å². The summed E-state index contributed by atoms with van der Waals surface area (Å²) in [5, 5.41) is 0. The van der Waals surface area contributed by atoms with Crippen LogP contribution in [-0.4, -0.2) is 16.7 Å². The van der Waals surface area contributed by atoms with Crippen molar-refractivity contribution in [3.63, 3.8) is 0 Å². The Labute approximate surface area is 112 Å². The smallest absolute Gasteiger partial charge is 0.267 e. The van der Waals surface area contributed by atoms with Gasteiger partial charge in [-0.2, -0.15) is 0 Å². The highest BCUT2D eigenvalue weighted by atomic mass is 127. The summed E-state index contributed by atoms with van der Waals surface area (Å²) in [5.74, 6) is 0.776. The number of aromatic nitrogens is 2. The van der Waals surface area contributed by atoms with Gasteiger partial charge < -0.3 is 4.74 Å². The summed E-state index contributed by atoms with van der Waals surface area (Å²) in [6.45, 7) is 0.465. The zero-order valence-corrected chi connectivity index (χ0v) is 11.4. The molecule has 1 aromatic heterocycles. The van der Waals surface area contributed by atoms with E-state index in [-0.39, 0.29) is 5.56 Å². The summed E-state index contributed by atoms with van der Waals surface area (Å²) in [4.78, 5) is 15.9. The van der Waals surface area contributed by atoms with Crippen molar-refractivity contribution in [3.8, 4) is 5.75 Å². The lowest BCUT2D eigenvalue weighted by Gasteiger charge is -2.09. The molecule has 0 fully saturated rings. The first-order chi connectivity index (χ1) is 8.22. The van der Waals surface area contributed by atoms with Crippen molar-refractivity contribution in [2.24, 2.45) is 0 Å². The van der Waals surface area contributed by atoms with Crippen molar-refractivity contribution in [1.29, 1.82) is 0 Å². The summed E-state index contributed by atoms with van der Waals surface area (Å²) in [5.41, 5.74) is 0.924. The third kappa shape index (κ3) is 2.66. The minimum Gasteiger partial charge on any atom is -0.496 e. The van der Waals surface area contributed by atoms with E-state index in [1.165, 1.54) is 6.33 Å². The molecule has 2 aromatic rings. The van der Waals surface area contributed by atoms with Crippen LogP contribution in [0.2, 0.25) is 0 Å². The fourth-order valence-electron chi connectivity index (χ4n) is 1.55. The Morgan fingerprint density at radius 2 is 2.18 bits per heavy atom. The lowest BCUT2D eigenvalue weighted by atomic mass is 10.2. The van der Waals surface area contributed by atoms with Gasteiger partial charge in [0.25, 0.3) is 5.56 Å². The van der Waals surface area contributed by atoms with Gasteiger partial charge in [0.15, 0.2) is 0 Å². The number of halogens is 1. The zero-order valence-electron chi connectivity index (χ0n) is 9.26. The molecule has 0 amide bonds. The Balaban J connectivity index is 2.38. The van der Waals surface area contributed by atoms with E-state index < -0.39 is 0 Å². The number of methoxy groups -OCH3 is 1. The fourth-order valence-corrected chi connectivity index (χ4v) is 2.02. The second-order valence-electron chi connectivity index (χ2n) is 3.49. The number of para-hydroxylation sites is 1. The van der Waals surface area contributed by atoms with Crippen LogP contribution in [0, 0.1) is 3.57 Å². The number of ether oxygens (including phenoxy) is 1. The molecule has 0 aliphatic rings. The molecule has 0 atom stereocenters. The van der Waals surface area contributed by atoms with Crippen molar-refractivity contribution >= 4 is 22.6 Å². The highest BCUT2D eigenvalue weighted by molar-refractivity contribution is 14.1. The average molecular weight is 342 g/mol. The minimum atomic E-state index is -0.0356. The lowest BCUT2D eigenvalue weighted by molar-refractivity contribution is 0.408. The Morgan fingerprint density at radius 3 is 2.94 bits per heavy atom. The highest BCUT2D eigenvalue weighted by Crippen LogP contribution is 2.17. The summed E-state index contributed by atoms with van der Waals surface area (Å²) in [6.07, 6.45) is 3.10. The summed E-state index contributed by atoms with van der Waals surface area (Å²) in [7, 11) is 1.62. The van der Waals surface area contributed by atoms with E-state index in [2.05, 4.69) is 4.98 Å². The van der Waals surface area contributed by atoms with Crippen LogP contribution in [0.4, 0.5) is 0 Å². The van der Waals surface area contributed by atoms with Crippen molar-refractivity contribution in [2.45, 2.75) is 6.54 Å². The predicted molar refractivity (Wildman–Crippen MR) is 73.3 cm³/mol. The van der Waals surface area contributed by atoms with Crippen molar-refractivity contribution < 1.29 is 4.74 Å². The molecule has 0 saturated heterocycles. The largest absolute Gasteiger partial charge is 0.496 e. The van der Waals surface area contributed by atoms with Gasteiger partial charge in [-0.1, -0.05) is 18.2 Å². The van der Waals surface area contributed by atoms with E-state index >= 15 is 0 Å². The first kappa shape index (κ1) is 12.1. The summed E-state index contributed by atoms with van der Waals surface area (Å²) >= 11 is 1.98. The number of hydrogen-bond donors (Lipinski definition) is 0. The van der Waals surface area contributed by atoms with E-state index in [9.17, 15) is 4.79 Å². The maximum atomic E-state index is 11.8. The molecule has 0 bridgehead atoms. The Hall–Kier alpha value is -1.37. The second kappa shape index (κ2) is 5.31. The normalized spacial score (nSPS) is 10.2. The first-order valence-electron chi connectivity index (χ1n) is 5.04. The maximum Gasteiger partial charge on any atom is 0.267 e. The van der Waals surface area contributed by atoms with Crippen LogP contribution >= 0.6 is 22.6 Å². The van der Waals surface area contributed by atoms with Gasteiger partial charge in [-0.25, -0.2) is 4.98 Å². The monoisotopic (exact) mass is 342 g/mol. The van der Waals surface area contributed by atoms with E-state index in [0.717, 1.165) is 11.3 Å². The first-order valence-corrected chi connectivity index (χ1v) is 6.12. The average Bonchev–Trinajstić information content (AvgIpc) is 2.35. The van der Waals surface area contributed by atoms with Crippen LogP contribution in [0.25, 0.3) is 0 Å². The Bertz CT molecular complexity index is 581. The topological polar surface area (TPSA) is 44.1 Å². The Kier molecular flexibility index (Phi) is 3.78. The molecular weight excluding hydrogens is 331 g/mol. The third-order valence-electron chi connectivity index (χ3n) is 2.39. The van der Waals surface area contributed by atoms with Gasteiger partial charge in [-0.3, -0.25) is 9.36 Å². The third-order valence-corrected chi connectivity index (χ3v) is 3.13. The molecule has 0 saturated carbocycles. The number of rotatable bonds is 3. The second-order valence-corrected chi connectivity index (χ2v) is 4.65. The zero-order chi connectivity index (χ0) is 12.3. The molecule has 2 rings (SSSR count). The van der Waals surface area contributed by atoms with Gasteiger partial charge in [0, 0.05) is 11.8 Å². The van der Waals surface area contributed by atoms with Gasteiger partial charge in [0.1, 0.15) is 5.75 Å². The molecule has 1 heterocycles. The molecule has 1 aromatic carbocycles. The van der Waals surface area contributed by atoms with Crippen LogP contribution in [0.1, 0.15) is 5.56 Å². The molecule has 5 heteroatoms. The van der Waals surface area contributed by atoms with Crippen molar-refractivity contribution in [1.82, 2.24) is 9.55 Å². The van der Waals surface area contributed by atoms with Crippen LogP contribution < -0.4 is 10.3 Å². The lowest BCUT2D eigenvalue weighted by Crippen LogP contribution is -2.23. The van der Waals surface area contributed by atoms with E-state index in [1.807, 2.05) is 46.9 Å². The maximum absolute atomic E-state index is 11.8. The number of nitrogens with zero attached hydrogens (tertiary/aromatic N) is 2. The molecule has 88 valence electrons. The molecule has 0 unspecified atom stereocenters. The molecule has 0 aliphatic carbocycles. The number of benzene rings is 1. The molecule has 0 N–H and O–H groups in total. The van der Waals surface area contributed by atoms with Crippen LogP contribution in [-0.2, 0) is 6.54 Å². The van der Waals surface area contributed by atoms with E-state index in [4.69, 9.17) is 4.74 Å². The molecule has 0 radical (unpaired) electrons. The summed E-state index contributed by atoms with van der Waals surface area (Å²) in [6, 6.07) is 7.63. The van der Waals surface area contributed by atoms with E-state index in [1.54, 1.807) is 17.9 Å². The predicted octanol–water partition coefficient (Wildman–Crippen LogP) is 1.90. The van der Waals surface area contributed by atoms with Crippen LogP contribution in [0.15, 0.2) is 41.6 Å². The van der Waals surface area contributed by atoms with E-state index in [0.29, 0.717) is 10.1 Å². The molecule has 0 aliphatic heterocycles. The molecular formula is C12H11IN2O2. The standard InChI is InChI=1S/C12H11IN2O2/c1-17-11-5-3-2-4-9(11)7-15-8-14-6-10(13)12(15)16/h2-6,8H,7H2,1H3. The van der Waals surface area contributed by atoms with Crippen molar-refractivity contribution in [2.75, 3.05) is 7.11 Å². The molecule has 17 heavy (non-hydrogen) atoms. The SMILES string of the molecule is COc1ccccc1Cn1cncc(I)c1=O. The van der Waals surface area contributed by atoms with Gasteiger partial charge in [-0.15, -0.1) is 0 Å². The van der Waals surface area contributed by atoms with Gasteiger partial charge >= 0.3 is 0 Å². The van der Waals surface area contributed by atoms with Gasteiger partial charge in [-0.05, 0) is 28.7 Å². The summed E-state index contributed by atoms with van der Waals surface area (Å²) < 4.78 is 7.43. The Morgan fingerprint density at radius 1 is 1.41 bits per heavy atom.